The Labute approximate surface area is 152 Å². The summed E-state index contributed by atoms with van der Waals surface area (Å²) in [7, 11) is 0. The fraction of sp³-hybridized carbons (Fsp3) is 0.333. The molecule has 1 saturated carbocycles. The molecule has 26 heavy (non-hydrogen) atoms. The second-order valence-corrected chi connectivity index (χ2v) is 7.05. The number of nitrogens with zero attached hydrogens (tertiary/aromatic N) is 1. The number of pyridine rings is 1. The summed E-state index contributed by atoms with van der Waals surface area (Å²) in [5.41, 5.74) is 3.63. The molecule has 0 aliphatic heterocycles. The van der Waals surface area contributed by atoms with Gasteiger partial charge in [-0.1, -0.05) is 12.1 Å². The number of benzene rings is 1. The summed E-state index contributed by atoms with van der Waals surface area (Å²) in [6, 6.07) is 11.8. The summed E-state index contributed by atoms with van der Waals surface area (Å²) >= 11 is 0. The van der Waals surface area contributed by atoms with Crippen LogP contribution in [-0.2, 0) is 0 Å². The molecule has 1 aromatic carbocycles. The van der Waals surface area contributed by atoms with Gasteiger partial charge in [0.15, 0.2) is 0 Å². The number of fused-ring (bicyclic) bond motifs is 1. The van der Waals surface area contributed by atoms with Crippen LogP contribution in [0.15, 0.2) is 48.8 Å². The molecule has 3 N–H and O–H groups in total. The third kappa shape index (κ3) is 3.35. The lowest BCUT2D eigenvalue weighted by molar-refractivity contribution is 0.0914. The number of aromatic nitrogens is 2. The van der Waals surface area contributed by atoms with Crippen molar-refractivity contribution in [3.63, 3.8) is 0 Å². The van der Waals surface area contributed by atoms with Gasteiger partial charge in [0, 0.05) is 47.1 Å². The average molecular weight is 349 g/mol. The highest BCUT2D eigenvalue weighted by molar-refractivity contribution is 5.96. The number of hydrogen-bond acceptors (Lipinski definition) is 3. The van der Waals surface area contributed by atoms with Crippen molar-refractivity contribution in [2.24, 2.45) is 5.92 Å². The molecule has 0 bridgehead atoms. The minimum atomic E-state index is -0.0307. The van der Waals surface area contributed by atoms with Crippen LogP contribution in [0.2, 0.25) is 0 Å². The standard InChI is InChI=1S/C21H23N3O2/c25-13-14-1-7-17(8-2-14)24-21(26)16-5-3-15(4-6-16)20-18-9-11-22-19(18)10-12-23-20/h3-6,9-12,14,17,22,25H,1-2,7-8,13H2,(H,24,26). The van der Waals surface area contributed by atoms with E-state index < -0.39 is 0 Å². The number of aliphatic hydroxyl groups is 1. The number of carbonyl (C=O) groups excluding carboxylic acids is 1. The zero-order chi connectivity index (χ0) is 17.9. The summed E-state index contributed by atoms with van der Waals surface area (Å²) < 4.78 is 0. The van der Waals surface area contributed by atoms with Gasteiger partial charge < -0.3 is 15.4 Å². The van der Waals surface area contributed by atoms with Gasteiger partial charge in [-0.05, 0) is 55.9 Å². The zero-order valence-electron chi connectivity index (χ0n) is 14.6. The number of H-pyrrole nitrogens is 1. The van der Waals surface area contributed by atoms with Gasteiger partial charge in [0.2, 0.25) is 0 Å². The van der Waals surface area contributed by atoms with Gasteiger partial charge in [-0.3, -0.25) is 9.78 Å². The minimum Gasteiger partial charge on any atom is -0.396 e. The van der Waals surface area contributed by atoms with Crippen molar-refractivity contribution >= 4 is 16.8 Å². The third-order valence-electron chi connectivity index (χ3n) is 5.34. The summed E-state index contributed by atoms with van der Waals surface area (Å²) in [5, 5.41) is 13.4. The smallest absolute Gasteiger partial charge is 0.251 e. The molecule has 0 saturated heterocycles. The van der Waals surface area contributed by atoms with Crippen molar-refractivity contribution in [2.45, 2.75) is 31.7 Å². The number of aliphatic hydroxyl groups excluding tert-OH is 1. The van der Waals surface area contributed by atoms with Gasteiger partial charge in [0.25, 0.3) is 5.91 Å². The van der Waals surface area contributed by atoms with Crippen LogP contribution in [0, 0.1) is 5.92 Å². The zero-order valence-corrected chi connectivity index (χ0v) is 14.6. The second kappa shape index (κ2) is 7.30. The molecule has 0 spiro atoms. The molecule has 5 nitrogen and oxygen atoms in total. The molecular weight excluding hydrogens is 326 g/mol. The predicted octanol–water partition coefficient (Wildman–Crippen LogP) is 3.51. The van der Waals surface area contributed by atoms with Gasteiger partial charge in [-0.2, -0.15) is 0 Å². The van der Waals surface area contributed by atoms with Crippen LogP contribution in [0.5, 0.6) is 0 Å². The van der Waals surface area contributed by atoms with E-state index in [2.05, 4.69) is 15.3 Å². The van der Waals surface area contributed by atoms with Gasteiger partial charge in [-0.25, -0.2) is 0 Å². The lowest BCUT2D eigenvalue weighted by Gasteiger charge is -2.28. The molecule has 1 aliphatic carbocycles. The molecule has 134 valence electrons. The number of rotatable bonds is 4. The SMILES string of the molecule is O=C(NC1CCC(CO)CC1)c1ccc(-c2nccc3[nH]ccc23)cc1. The number of carbonyl (C=O) groups is 1. The average Bonchev–Trinajstić information content (AvgIpc) is 3.17. The van der Waals surface area contributed by atoms with E-state index in [1.807, 2.05) is 42.6 Å². The first-order valence-electron chi connectivity index (χ1n) is 9.19. The Hall–Kier alpha value is -2.66. The first-order valence-corrected chi connectivity index (χ1v) is 9.19. The van der Waals surface area contributed by atoms with Crippen LogP contribution >= 0.6 is 0 Å². The van der Waals surface area contributed by atoms with E-state index in [0.29, 0.717) is 11.5 Å². The fourth-order valence-electron chi connectivity index (χ4n) is 3.75. The third-order valence-corrected chi connectivity index (χ3v) is 5.34. The molecule has 3 aromatic rings. The molecule has 4 rings (SSSR count). The molecule has 2 aromatic heterocycles. The number of nitrogens with one attached hydrogen (secondary N) is 2. The van der Waals surface area contributed by atoms with Crippen LogP contribution in [-0.4, -0.2) is 33.6 Å². The Kier molecular flexibility index (Phi) is 4.71. The Bertz CT molecular complexity index is 893. The maximum Gasteiger partial charge on any atom is 0.251 e. The van der Waals surface area contributed by atoms with Crippen LogP contribution in [0.3, 0.4) is 0 Å². The van der Waals surface area contributed by atoms with Crippen LogP contribution in [0.1, 0.15) is 36.0 Å². The van der Waals surface area contributed by atoms with E-state index in [9.17, 15) is 9.90 Å². The van der Waals surface area contributed by atoms with E-state index in [0.717, 1.165) is 47.8 Å². The van der Waals surface area contributed by atoms with E-state index in [1.54, 1.807) is 6.20 Å². The van der Waals surface area contributed by atoms with Gasteiger partial charge in [0.1, 0.15) is 0 Å². The summed E-state index contributed by atoms with van der Waals surface area (Å²) in [6.07, 6.45) is 7.53. The van der Waals surface area contributed by atoms with Crippen molar-refractivity contribution in [1.82, 2.24) is 15.3 Å². The molecule has 0 radical (unpaired) electrons. The highest BCUT2D eigenvalue weighted by atomic mass is 16.3. The normalized spacial score (nSPS) is 20.2. The minimum absolute atomic E-state index is 0.0307. The maximum atomic E-state index is 12.5. The Balaban J connectivity index is 1.46. The first kappa shape index (κ1) is 16.8. The van der Waals surface area contributed by atoms with Crippen molar-refractivity contribution in [3.05, 3.63) is 54.4 Å². The molecule has 1 aliphatic rings. The Morgan fingerprint density at radius 3 is 2.62 bits per heavy atom. The van der Waals surface area contributed by atoms with Gasteiger partial charge in [-0.15, -0.1) is 0 Å². The molecule has 1 fully saturated rings. The van der Waals surface area contributed by atoms with E-state index in [-0.39, 0.29) is 18.6 Å². The van der Waals surface area contributed by atoms with Crippen molar-refractivity contribution in [1.29, 1.82) is 0 Å². The molecule has 0 unspecified atom stereocenters. The lowest BCUT2D eigenvalue weighted by atomic mass is 9.86. The van der Waals surface area contributed by atoms with Crippen molar-refractivity contribution in [2.75, 3.05) is 6.61 Å². The molecular formula is C21H23N3O2. The topological polar surface area (TPSA) is 78.0 Å². The molecule has 2 heterocycles. The van der Waals surface area contributed by atoms with E-state index in [4.69, 9.17) is 0 Å². The summed E-state index contributed by atoms with van der Waals surface area (Å²) in [5.74, 6) is 0.364. The van der Waals surface area contributed by atoms with E-state index in [1.165, 1.54) is 0 Å². The van der Waals surface area contributed by atoms with Crippen molar-refractivity contribution < 1.29 is 9.90 Å². The highest BCUT2D eigenvalue weighted by Crippen LogP contribution is 2.26. The van der Waals surface area contributed by atoms with Gasteiger partial charge in [0.05, 0.1) is 5.69 Å². The summed E-state index contributed by atoms with van der Waals surface area (Å²) in [6.45, 7) is 0.254. The van der Waals surface area contributed by atoms with Crippen LogP contribution < -0.4 is 5.32 Å². The first-order chi connectivity index (χ1) is 12.7. The second-order valence-electron chi connectivity index (χ2n) is 7.05. The Morgan fingerprint density at radius 1 is 1.12 bits per heavy atom. The largest absolute Gasteiger partial charge is 0.396 e. The number of aromatic amines is 1. The highest BCUT2D eigenvalue weighted by Gasteiger charge is 2.22. The van der Waals surface area contributed by atoms with Crippen LogP contribution in [0.4, 0.5) is 0 Å². The molecule has 1 amide bonds. The fourth-order valence-corrected chi connectivity index (χ4v) is 3.75. The Morgan fingerprint density at radius 2 is 1.88 bits per heavy atom. The van der Waals surface area contributed by atoms with Crippen molar-refractivity contribution in [3.8, 4) is 11.3 Å². The number of hydrogen-bond donors (Lipinski definition) is 3. The maximum absolute atomic E-state index is 12.5. The van der Waals surface area contributed by atoms with Gasteiger partial charge >= 0.3 is 0 Å². The molecule has 0 atom stereocenters. The monoisotopic (exact) mass is 349 g/mol. The lowest BCUT2D eigenvalue weighted by Crippen LogP contribution is -2.38. The van der Waals surface area contributed by atoms with E-state index >= 15 is 0 Å². The summed E-state index contributed by atoms with van der Waals surface area (Å²) in [4.78, 5) is 20.2. The quantitative estimate of drug-likeness (QED) is 0.674. The molecule has 5 heteroatoms. The number of amides is 1. The van der Waals surface area contributed by atoms with Crippen LogP contribution in [0.25, 0.3) is 22.2 Å². The predicted molar refractivity (Wildman–Crippen MR) is 102 cm³/mol.